The molecular formula is C19H21N5O4. The summed E-state index contributed by atoms with van der Waals surface area (Å²) >= 11 is 0. The number of ether oxygens (including phenoxy) is 2. The van der Waals surface area contributed by atoms with E-state index in [-0.39, 0.29) is 24.4 Å². The summed E-state index contributed by atoms with van der Waals surface area (Å²) in [6, 6.07) is 7.00. The molecule has 3 heterocycles. The molecule has 0 atom stereocenters. The van der Waals surface area contributed by atoms with Gasteiger partial charge in [0.05, 0.1) is 0 Å². The van der Waals surface area contributed by atoms with Crippen LogP contribution in [0.5, 0.6) is 11.5 Å². The second-order valence-corrected chi connectivity index (χ2v) is 6.71. The van der Waals surface area contributed by atoms with Gasteiger partial charge in [-0.1, -0.05) is 0 Å². The van der Waals surface area contributed by atoms with Crippen molar-refractivity contribution in [2.24, 2.45) is 0 Å². The monoisotopic (exact) mass is 383 g/mol. The maximum atomic E-state index is 12.7. The van der Waals surface area contributed by atoms with E-state index in [1.165, 1.54) is 4.90 Å². The summed E-state index contributed by atoms with van der Waals surface area (Å²) in [5, 5.41) is 2.66. The second-order valence-electron chi connectivity index (χ2n) is 6.71. The van der Waals surface area contributed by atoms with E-state index in [1.807, 2.05) is 26.0 Å². The van der Waals surface area contributed by atoms with E-state index in [4.69, 9.17) is 9.47 Å². The lowest BCUT2D eigenvalue weighted by atomic mass is 10.2. The molecule has 1 N–H and O–H groups in total. The molecule has 2 aliphatic rings. The minimum Gasteiger partial charge on any atom is -0.486 e. The standard InChI is InChI=1S/C19H21N5O4/c1-12-9-13(2)21-18(20-12)22-17(25)11-23-5-6-24(19(23)26)14-3-4-15-16(10-14)28-8-7-27-15/h3-4,9-10H,5-8,11H2,1-2H3,(H,20,21,22,25). The van der Waals surface area contributed by atoms with Crippen molar-refractivity contribution in [2.45, 2.75) is 13.8 Å². The molecule has 0 unspecified atom stereocenters. The van der Waals surface area contributed by atoms with Gasteiger partial charge >= 0.3 is 6.03 Å². The van der Waals surface area contributed by atoms with Gasteiger partial charge in [-0.15, -0.1) is 0 Å². The number of anilines is 2. The molecule has 0 saturated carbocycles. The summed E-state index contributed by atoms with van der Waals surface area (Å²) in [4.78, 5) is 36.6. The fraction of sp³-hybridized carbons (Fsp3) is 0.368. The predicted molar refractivity (Wildman–Crippen MR) is 102 cm³/mol. The average molecular weight is 383 g/mol. The Hall–Kier alpha value is -3.36. The van der Waals surface area contributed by atoms with Crippen LogP contribution in [0.3, 0.4) is 0 Å². The first-order chi connectivity index (χ1) is 13.5. The first-order valence-corrected chi connectivity index (χ1v) is 9.08. The molecule has 0 aliphatic carbocycles. The molecule has 146 valence electrons. The Bertz CT molecular complexity index is 912. The SMILES string of the molecule is Cc1cc(C)nc(NC(=O)CN2CCN(c3ccc4c(c3)OCCO4)C2=O)n1. The molecular weight excluding hydrogens is 362 g/mol. The third-order valence-electron chi connectivity index (χ3n) is 4.50. The summed E-state index contributed by atoms with van der Waals surface area (Å²) < 4.78 is 11.1. The van der Waals surface area contributed by atoms with Crippen LogP contribution in [0.25, 0.3) is 0 Å². The fourth-order valence-corrected chi connectivity index (χ4v) is 3.29. The molecule has 3 amide bonds. The number of carbonyl (C=O) groups excluding carboxylic acids is 2. The quantitative estimate of drug-likeness (QED) is 0.864. The van der Waals surface area contributed by atoms with Crippen LogP contribution in [0.1, 0.15) is 11.4 Å². The van der Waals surface area contributed by atoms with Crippen LogP contribution < -0.4 is 19.7 Å². The van der Waals surface area contributed by atoms with Gasteiger partial charge in [0, 0.05) is 36.2 Å². The van der Waals surface area contributed by atoms with Gasteiger partial charge in [0.2, 0.25) is 11.9 Å². The first kappa shape index (κ1) is 18.0. The van der Waals surface area contributed by atoms with Crippen LogP contribution in [-0.4, -0.2) is 59.7 Å². The molecule has 1 aromatic carbocycles. The van der Waals surface area contributed by atoms with Crippen molar-refractivity contribution in [3.63, 3.8) is 0 Å². The molecule has 1 aromatic heterocycles. The van der Waals surface area contributed by atoms with E-state index < -0.39 is 0 Å². The van der Waals surface area contributed by atoms with E-state index >= 15 is 0 Å². The largest absolute Gasteiger partial charge is 0.486 e. The smallest absolute Gasteiger partial charge is 0.325 e. The molecule has 0 radical (unpaired) electrons. The van der Waals surface area contributed by atoms with Crippen LogP contribution >= 0.6 is 0 Å². The zero-order chi connectivity index (χ0) is 19.7. The van der Waals surface area contributed by atoms with Crippen LogP contribution in [0.4, 0.5) is 16.4 Å². The van der Waals surface area contributed by atoms with Gasteiger partial charge in [-0.05, 0) is 32.0 Å². The van der Waals surface area contributed by atoms with Gasteiger partial charge in [0.25, 0.3) is 0 Å². The second kappa shape index (κ2) is 7.34. The predicted octanol–water partition coefficient (Wildman–Crippen LogP) is 1.75. The summed E-state index contributed by atoms with van der Waals surface area (Å²) in [6.07, 6.45) is 0. The zero-order valence-corrected chi connectivity index (χ0v) is 15.8. The number of hydrogen-bond acceptors (Lipinski definition) is 6. The number of nitrogens with zero attached hydrogens (tertiary/aromatic N) is 4. The molecule has 2 aliphatic heterocycles. The number of fused-ring (bicyclic) bond motifs is 1. The number of hydrogen-bond donors (Lipinski definition) is 1. The number of aryl methyl sites for hydroxylation is 2. The van der Waals surface area contributed by atoms with Gasteiger partial charge in [0.15, 0.2) is 11.5 Å². The maximum Gasteiger partial charge on any atom is 0.325 e. The molecule has 0 bridgehead atoms. The van der Waals surface area contributed by atoms with Crippen LogP contribution in [-0.2, 0) is 4.79 Å². The lowest BCUT2D eigenvalue weighted by molar-refractivity contribution is -0.116. The molecule has 1 saturated heterocycles. The Balaban J connectivity index is 1.41. The summed E-state index contributed by atoms with van der Waals surface area (Å²) in [7, 11) is 0. The van der Waals surface area contributed by atoms with Gasteiger partial charge in [-0.3, -0.25) is 15.0 Å². The van der Waals surface area contributed by atoms with Crippen molar-refractivity contribution >= 4 is 23.6 Å². The zero-order valence-electron chi connectivity index (χ0n) is 15.8. The number of urea groups is 1. The molecule has 28 heavy (non-hydrogen) atoms. The van der Waals surface area contributed by atoms with Crippen molar-refractivity contribution in [1.82, 2.24) is 14.9 Å². The van der Waals surface area contributed by atoms with Gasteiger partial charge in [-0.2, -0.15) is 0 Å². The van der Waals surface area contributed by atoms with E-state index in [0.29, 0.717) is 37.8 Å². The normalized spacial score (nSPS) is 15.7. The van der Waals surface area contributed by atoms with Crippen molar-refractivity contribution in [1.29, 1.82) is 0 Å². The lowest BCUT2D eigenvalue weighted by Gasteiger charge is -2.22. The van der Waals surface area contributed by atoms with E-state index in [9.17, 15) is 9.59 Å². The molecule has 9 nitrogen and oxygen atoms in total. The van der Waals surface area contributed by atoms with Crippen LogP contribution in [0.2, 0.25) is 0 Å². The molecule has 1 fully saturated rings. The number of rotatable bonds is 4. The summed E-state index contributed by atoms with van der Waals surface area (Å²) in [5.41, 5.74) is 2.25. The highest BCUT2D eigenvalue weighted by molar-refractivity contribution is 5.99. The van der Waals surface area contributed by atoms with Crippen LogP contribution in [0, 0.1) is 13.8 Å². The van der Waals surface area contributed by atoms with Gasteiger partial charge < -0.3 is 14.4 Å². The van der Waals surface area contributed by atoms with E-state index in [2.05, 4.69) is 15.3 Å². The van der Waals surface area contributed by atoms with Crippen molar-refractivity contribution in [2.75, 3.05) is 43.1 Å². The van der Waals surface area contributed by atoms with Crippen molar-refractivity contribution < 1.29 is 19.1 Å². The van der Waals surface area contributed by atoms with Crippen molar-refractivity contribution in [3.05, 3.63) is 35.7 Å². The molecule has 9 heteroatoms. The fourth-order valence-electron chi connectivity index (χ4n) is 3.29. The molecule has 4 rings (SSSR count). The summed E-state index contributed by atoms with van der Waals surface area (Å²) in [5.74, 6) is 1.21. The maximum absolute atomic E-state index is 12.7. The Morgan fingerprint density at radius 3 is 2.54 bits per heavy atom. The first-order valence-electron chi connectivity index (χ1n) is 9.08. The Labute approximate surface area is 162 Å². The van der Waals surface area contributed by atoms with E-state index in [0.717, 1.165) is 17.1 Å². The third-order valence-corrected chi connectivity index (χ3v) is 4.50. The van der Waals surface area contributed by atoms with Crippen LogP contribution in [0.15, 0.2) is 24.3 Å². The number of benzene rings is 1. The molecule has 2 aromatic rings. The number of carbonyl (C=O) groups is 2. The lowest BCUT2D eigenvalue weighted by Crippen LogP contribution is -2.37. The molecule has 0 spiro atoms. The Morgan fingerprint density at radius 2 is 1.79 bits per heavy atom. The van der Waals surface area contributed by atoms with Gasteiger partial charge in [-0.25, -0.2) is 14.8 Å². The number of amides is 3. The third kappa shape index (κ3) is 3.68. The average Bonchev–Trinajstić information content (AvgIpc) is 3.00. The Kier molecular flexibility index (Phi) is 4.72. The topological polar surface area (TPSA) is 96.9 Å². The highest BCUT2D eigenvalue weighted by Crippen LogP contribution is 2.34. The highest BCUT2D eigenvalue weighted by Gasteiger charge is 2.31. The highest BCUT2D eigenvalue weighted by atomic mass is 16.6. The minimum absolute atomic E-state index is 0.0593. The summed E-state index contributed by atoms with van der Waals surface area (Å²) in [6.45, 7) is 5.55. The Morgan fingerprint density at radius 1 is 1.07 bits per heavy atom. The van der Waals surface area contributed by atoms with Gasteiger partial charge in [0.1, 0.15) is 19.8 Å². The minimum atomic E-state index is -0.331. The van der Waals surface area contributed by atoms with E-state index in [1.54, 1.807) is 17.0 Å². The number of nitrogens with one attached hydrogen (secondary N) is 1. The number of aromatic nitrogens is 2. The van der Waals surface area contributed by atoms with Crippen molar-refractivity contribution in [3.8, 4) is 11.5 Å².